The molecular weight excluding hydrogens is 397 g/mol. The number of imidazole rings is 1. The second-order valence-corrected chi connectivity index (χ2v) is 7.71. The number of benzene rings is 2. The molecule has 5 nitrogen and oxygen atoms in total. The Morgan fingerprint density at radius 3 is 2.86 bits per heavy atom. The van der Waals surface area contributed by atoms with Gasteiger partial charge in [0.15, 0.2) is 0 Å². The summed E-state index contributed by atoms with van der Waals surface area (Å²) < 4.78 is 7.59. The maximum absolute atomic E-state index is 12.2. The molecule has 1 N–H and O–H groups in total. The first-order chi connectivity index (χ1) is 13.6. The van der Waals surface area contributed by atoms with Crippen LogP contribution in [0.4, 0.5) is 0 Å². The van der Waals surface area contributed by atoms with Gasteiger partial charge in [0.25, 0.3) is 0 Å². The van der Waals surface area contributed by atoms with Crippen LogP contribution in [0.25, 0.3) is 11.0 Å². The normalized spacial score (nSPS) is 16.6. The number of aromatic nitrogens is 2. The first-order valence-electron chi connectivity index (χ1n) is 9.39. The minimum absolute atomic E-state index is 0.0374. The van der Waals surface area contributed by atoms with Gasteiger partial charge < -0.3 is 14.6 Å². The van der Waals surface area contributed by atoms with Crippen LogP contribution in [0.1, 0.15) is 24.2 Å². The van der Waals surface area contributed by atoms with Crippen molar-refractivity contribution in [3.8, 4) is 0 Å². The molecule has 0 aliphatic carbocycles. The number of carbonyl (C=O) groups excluding carboxylic acids is 1. The molecule has 3 aromatic rings. The van der Waals surface area contributed by atoms with Crippen molar-refractivity contribution in [1.82, 2.24) is 14.9 Å². The molecule has 1 aliphatic rings. The van der Waals surface area contributed by atoms with Crippen LogP contribution in [0.3, 0.4) is 0 Å². The topological polar surface area (TPSA) is 56.2 Å². The van der Waals surface area contributed by atoms with E-state index in [4.69, 9.17) is 32.9 Å². The van der Waals surface area contributed by atoms with Gasteiger partial charge in [-0.15, -0.1) is 0 Å². The summed E-state index contributed by atoms with van der Waals surface area (Å²) in [6, 6.07) is 13.7. The molecule has 2 aromatic carbocycles. The van der Waals surface area contributed by atoms with Crippen molar-refractivity contribution in [2.45, 2.75) is 31.9 Å². The van der Waals surface area contributed by atoms with Crippen molar-refractivity contribution in [2.75, 3.05) is 13.2 Å². The summed E-state index contributed by atoms with van der Waals surface area (Å²) in [4.78, 5) is 16.9. The molecule has 0 bridgehead atoms. The Bertz CT molecular complexity index is 996. The van der Waals surface area contributed by atoms with Gasteiger partial charge in [-0.1, -0.05) is 41.4 Å². The van der Waals surface area contributed by atoms with E-state index in [2.05, 4.69) is 9.88 Å². The SMILES string of the molecule is O=C(NCCc1nc2ccccc2n1Cc1ccc(Cl)c(Cl)c1)C1CCCO1. The number of para-hydroxylation sites is 2. The number of halogens is 2. The highest BCUT2D eigenvalue weighted by Gasteiger charge is 2.23. The molecule has 1 amide bonds. The monoisotopic (exact) mass is 417 g/mol. The molecule has 0 spiro atoms. The third kappa shape index (κ3) is 4.17. The van der Waals surface area contributed by atoms with Gasteiger partial charge in [0, 0.05) is 26.1 Å². The van der Waals surface area contributed by atoms with Gasteiger partial charge in [-0.25, -0.2) is 4.98 Å². The fourth-order valence-electron chi connectivity index (χ4n) is 3.51. The van der Waals surface area contributed by atoms with Crippen molar-refractivity contribution >= 4 is 40.1 Å². The lowest BCUT2D eigenvalue weighted by molar-refractivity contribution is -0.130. The molecule has 1 aliphatic heterocycles. The second kappa shape index (κ2) is 8.52. The van der Waals surface area contributed by atoms with E-state index in [1.165, 1.54) is 0 Å². The maximum Gasteiger partial charge on any atom is 0.249 e. The smallest absolute Gasteiger partial charge is 0.249 e. The number of nitrogens with zero attached hydrogens (tertiary/aromatic N) is 2. The summed E-state index contributed by atoms with van der Waals surface area (Å²) in [6.07, 6.45) is 2.06. The minimum atomic E-state index is -0.310. The van der Waals surface area contributed by atoms with Gasteiger partial charge in [-0.05, 0) is 42.7 Å². The summed E-state index contributed by atoms with van der Waals surface area (Å²) in [7, 11) is 0. The Morgan fingerprint density at radius 1 is 1.21 bits per heavy atom. The zero-order valence-electron chi connectivity index (χ0n) is 15.3. The number of rotatable bonds is 6. The Balaban J connectivity index is 1.52. The quantitative estimate of drug-likeness (QED) is 0.652. The van der Waals surface area contributed by atoms with Crippen molar-refractivity contribution < 1.29 is 9.53 Å². The van der Waals surface area contributed by atoms with Crippen molar-refractivity contribution in [3.63, 3.8) is 0 Å². The van der Waals surface area contributed by atoms with Gasteiger partial charge in [0.2, 0.25) is 5.91 Å². The van der Waals surface area contributed by atoms with E-state index in [0.717, 1.165) is 35.3 Å². The number of ether oxygens (including phenoxy) is 1. The molecular formula is C21H21Cl2N3O2. The van der Waals surface area contributed by atoms with Crippen LogP contribution in [-0.4, -0.2) is 34.7 Å². The largest absolute Gasteiger partial charge is 0.368 e. The molecule has 1 aromatic heterocycles. The standard InChI is InChI=1S/C21H21Cl2N3O2/c22-15-8-7-14(12-16(15)23)13-26-18-5-2-1-4-17(18)25-20(26)9-10-24-21(27)19-6-3-11-28-19/h1-2,4-5,7-8,12,19H,3,6,9-11,13H2,(H,24,27). The van der Waals surface area contributed by atoms with Crippen LogP contribution in [-0.2, 0) is 22.5 Å². The number of carbonyl (C=O) groups is 1. The molecule has 7 heteroatoms. The lowest BCUT2D eigenvalue weighted by atomic mass is 10.2. The number of nitrogens with one attached hydrogen (secondary N) is 1. The van der Waals surface area contributed by atoms with Crippen molar-refractivity contribution in [2.24, 2.45) is 0 Å². The van der Waals surface area contributed by atoms with Crippen LogP contribution in [0, 0.1) is 0 Å². The average molecular weight is 418 g/mol. The van der Waals surface area contributed by atoms with Crippen molar-refractivity contribution in [1.29, 1.82) is 0 Å². The molecule has 2 heterocycles. The van der Waals surface area contributed by atoms with Crippen LogP contribution in [0.5, 0.6) is 0 Å². The summed E-state index contributed by atoms with van der Waals surface area (Å²) >= 11 is 12.2. The van der Waals surface area contributed by atoms with Gasteiger partial charge in [0.05, 0.1) is 21.1 Å². The van der Waals surface area contributed by atoms with E-state index >= 15 is 0 Å². The highest BCUT2D eigenvalue weighted by Crippen LogP contribution is 2.25. The minimum Gasteiger partial charge on any atom is -0.368 e. The van der Waals surface area contributed by atoms with Crippen LogP contribution < -0.4 is 5.32 Å². The molecule has 1 saturated heterocycles. The van der Waals surface area contributed by atoms with Gasteiger partial charge >= 0.3 is 0 Å². The first-order valence-corrected chi connectivity index (χ1v) is 10.1. The number of amides is 1. The maximum atomic E-state index is 12.2. The highest BCUT2D eigenvalue weighted by atomic mass is 35.5. The molecule has 4 rings (SSSR count). The number of hydrogen-bond acceptors (Lipinski definition) is 3. The number of hydrogen-bond donors (Lipinski definition) is 1. The predicted molar refractivity (Wildman–Crippen MR) is 111 cm³/mol. The summed E-state index contributed by atoms with van der Waals surface area (Å²) in [5.41, 5.74) is 3.03. The van der Waals surface area contributed by atoms with Crippen molar-refractivity contribution in [3.05, 3.63) is 63.9 Å². The first kappa shape index (κ1) is 19.2. The lowest BCUT2D eigenvalue weighted by Gasteiger charge is -2.12. The second-order valence-electron chi connectivity index (χ2n) is 6.89. The lowest BCUT2D eigenvalue weighted by Crippen LogP contribution is -2.35. The summed E-state index contributed by atoms with van der Waals surface area (Å²) in [6.45, 7) is 1.81. The van der Waals surface area contributed by atoms with E-state index in [1.807, 2.05) is 36.4 Å². The van der Waals surface area contributed by atoms with Crippen LogP contribution in [0.2, 0.25) is 10.0 Å². The Hall–Kier alpha value is -2.08. The van der Waals surface area contributed by atoms with E-state index in [-0.39, 0.29) is 12.0 Å². The average Bonchev–Trinajstić information content (AvgIpc) is 3.34. The fourth-order valence-corrected chi connectivity index (χ4v) is 3.83. The Labute approximate surface area is 173 Å². The highest BCUT2D eigenvalue weighted by molar-refractivity contribution is 6.42. The summed E-state index contributed by atoms with van der Waals surface area (Å²) in [5.74, 6) is 0.879. The summed E-state index contributed by atoms with van der Waals surface area (Å²) in [5, 5.41) is 4.05. The van der Waals surface area contributed by atoms with Crippen LogP contribution >= 0.6 is 23.2 Å². The number of fused-ring (bicyclic) bond motifs is 1. The molecule has 0 saturated carbocycles. The van der Waals surface area contributed by atoms with Gasteiger partial charge in [0.1, 0.15) is 11.9 Å². The molecule has 146 valence electrons. The predicted octanol–water partition coefficient (Wildman–Crippen LogP) is 4.23. The van der Waals surface area contributed by atoms with Gasteiger partial charge in [-0.2, -0.15) is 0 Å². The fraction of sp³-hybridized carbons (Fsp3) is 0.333. The third-order valence-electron chi connectivity index (χ3n) is 4.93. The molecule has 0 radical (unpaired) electrons. The molecule has 1 fully saturated rings. The van der Waals surface area contributed by atoms with E-state index < -0.39 is 0 Å². The van der Waals surface area contributed by atoms with E-state index in [0.29, 0.717) is 36.2 Å². The van der Waals surface area contributed by atoms with E-state index in [1.54, 1.807) is 6.07 Å². The van der Waals surface area contributed by atoms with Gasteiger partial charge in [-0.3, -0.25) is 4.79 Å². The zero-order valence-corrected chi connectivity index (χ0v) is 16.8. The van der Waals surface area contributed by atoms with Crippen LogP contribution in [0.15, 0.2) is 42.5 Å². The molecule has 28 heavy (non-hydrogen) atoms. The Kier molecular flexibility index (Phi) is 5.85. The Morgan fingerprint density at radius 2 is 2.07 bits per heavy atom. The molecule has 1 unspecified atom stereocenters. The molecule has 1 atom stereocenters. The third-order valence-corrected chi connectivity index (χ3v) is 5.67. The zero-order chi connectivity index (χ0) is 19.5. The van der Waals surface area contributed by atoms with E-state index in [9.17, 15) is 4.79 Å².